The van der Waals surface area contributed by atoms with Crippen molar-refractivity contribution < 1.29 is 8.81 Å². The van der Waals surface area contributed by atoms with Gasteiger partial charge in [-0.1, -0.05) is 56.4 Å². The Kier molecular flexibility index (Phi) is 4.92. The van der Waals surface area contributed by atoms with Crippen molar-refractivity contribution in [1.29, 1.82) is 0 Å². The van der Waals surface area contributed by atoms with Gasteiger partial charge in [0.25, 0.3) is 0 Å². The fourth-order valence-electron chi connectivity index (χ4n) is 2.96. The second-order valence-corrected chi connectivity index (χ2v) is 8.81. The first-order valence-electron chi connectivity index (χ1n) is 9.20. The lowest BCUT2D eigenvalue weighted by Gasteiger charge is -2.12. The lowest BCUT2D eigenvalue weighted by molar-refractivity contribution is 0.561. The number of nitrogens with one attached hydrogen (secondary N) is 1. The van der Waals surface area contributed by atoms with Gasteiger partial charge in [-0.3, -0.25) is 0 Å². The molecule has 148 valence electrons. The van der Waals surface area contributed by atoms with Crippen LogP contribution in [0.25, 0.3) is 22.1 Å². The summed E-state index contributed by atoms with van der Waals surface area (Å²) in [6.45, 7) is 6.82. The number of nitrogens with zero attached hydrogens (tertiary/aromatic N) is 2. The zero-order valence-corrected chi connectivity index (χ0v) is 17.1. The lowest BCUT2D eigenvalue weighted by Crippen LogP contribution is -2.10. The number of halogens is 1. The molecule has 0 aliphatic carbocycles. The topological polar surface area (TPSA) is 68.0 Å². The number of anilines is 1. The molecule has 0 unspecified atom stereocenters. The number of fused-ring (bicyclic) bond motifs is 1. The van der Waals surface area contributed by atoms with Crippen molar-refractivity contribution >= 4 is 27.4 Å². The standard InChI is InChI=1S/C22H20FN3O2S/c1-22(2,3)20-25-26-21(29-20)24-12-13-4-9-16-17(11-19(27)28-18(16)10-13)14-5-7-15(23)8-6-14/h4-11H,12H2,1-3H3,(H,24,26). The van der Waals surface area contributed by atoms with Crippen LogP contribution in [-0.4, -0.2) is 10.2 Å². The van der Waals surface area contributed by atoms with Gasteiger partial charge in [0, 0.05) is 23.4 Å². The zero-order valence-electron chi connectivity index (χ0n) is 16.3. The number of rotatable bonds is 4. The Bertz CT molecular complexity index is 1220. The Morgan fingerprint density at radius 3 is 2.52 bits per heavy atom. The Morgan fingerprint density at radius 1 is 1.07 bits per heavy atom. The van der Waals surface area contributed by atoms with Crippen molar-refractivity contribution in [1.82, 2.24) is 10.2 Å². The second kappa shape index (κ2) is 7.40. The van der Waals surface area contributed by atoms with Gasteiger partial charge in [0.1, 0.15) is 16.4 Å². The van der Waals surface area contributed by atoms with Crippen LogP contribution in [0.1, 0.15) is 31.3 Å². The number of hydrogen-bond donors (Lipinski definition) is 1. The molecule has 2 heterocycles. The van der Waals surface area contributed by atoms with Crippen molar-refractivity contribution in [2.45, 2.75) is 32.7 Å². The minimum atomic E-state index is -0.444. The van der Waals surface area contributed by atoms with Gasteiger partial charge in [-0.05, 0) is 34.9 Å². The van der Waals surface area contributed by atoms with Crippen molar-refractivity contribution in [3.05, 3.63) is 75.3 Å². The molecule has 0 bridgehead atoms. The van der Waals surface area contributed by atoms with E-state index in [0.29, 0.717) is 12.1 Å². The van der Waals surface area contributed by atoms with Gasteiger partial charge < -0.3 is 9.73 Å². The Morgan fingerprint density at radius 2 is 1.83 bits per heavy atom. The quantitative estimate of drug-likeness (QED) is 0.460. The van der Waals surface area contributed by atoms with E-state index < -0.39 is 5.63 Å². The summed E-state index contributed by atoms with van der Waals surface area (Å²) in [7, 11) is 0. The SMILES string of the molecule is CC(C)(C)c1nnc(NCc2ccc3c(-c4ccc(F)cc4)cc(=O)oc3c2)s1. The van der Waals surface area contributed by atoms with E-state index in [1.807, 2.05) is 18.2 Å². The summed E-state index contributed by atoms with van der Waals surface area (Å²) in [5.74, 6) is -0.319. The van der Waals surface area contributed by atoms with Crippen LogP contribution in [0.3, 0.4) is 0 Å². The molecule has 0 amide bonds. The summed E-state index contributed by atoms with van der Waals surface area (Å²) >= 11 is 1.53. The van der Waals surface area contributed by atoms with Gasteiger partial charge >= 0.3 is 5.63 Å². The van der Waals surface area contributed by atoms with Crippen LogP contribution in [0, 0.1) is 5.82 Å². The summed E-state index contributed by atoms with van der Waals surface area (Å²) in [6.07, 6.45) is 0. The fourth-order valence-corrected chi connectivity index (χ4v) is 3.76. The molecule has 7 heteroatoms. The molecule has 0 saturated heterocycles. The Balaban J connectivity index is 1.62. The van der Waals surface area contributed by atoms with Gasteiger partial charge in [0.05, 0.1) is 0 Å². The highest BCUT2D eigenvalue weighted by atomic mass is 32.1. The van der Waals surface area contributed by atoms with E-state index in [9.17, 15) is 9.18 Å². The van der Waals surface area contributed by atoms with Crippen LogP contribution in [0.5, 0.6) is 0 Å². The molecule has 0 spiro atoms. The highest BCUT2D eigenvalue weighted by molar-refractivity contribution is 7.15. The molecule has 0 aliphatic heterocycles. The molecular weight excluding hydrogens is 389 g/mol. The van der Waals surface area contributed by atoms with Gasteiger partial charge in [-0.2, -0.15) is 0 Å². The molecule has 2 aromatic carbocycles. The molecule has 5 nitrogen and oxygen atoms in total. The molecule has 0 atom stereocenters. The largest absolute Gasteiger partial charge is 0.423 e. The highest BCUT2D eigenvalue weighted by Crippen LogP contribution is 2.30. The summed E-state index contributed by atoms with van der Waals surface area (Å²) in [6, 6.07) is 13.2. The third-order valence-electron chi connectivity index (χ3n) is 4.47. The van der Waals surface area contributed by atoms with E-state index in [1.54, 1.807) is 12.1 Å². The summed E-state index contributed by atoms with van der Waals surface area (Å²) in [5, 5.41) is 14.2. The van der Waals surface area contributed by atoms with Crippen molar-refractivity contribution in [3.8, 4) is 11.1 Å². The highest BCUT2D eigenvalue weighted by Gasteiger charge is 2.19. The summed E-state index contributed by atoms with van der Waals surface area (Å²) in [4.78, 5) is 12.1. The first-order valence-corrected chi connectivity index (χ1v) is 10.0. The van der Waals surface area contributed by atoms with E-state index >= 15 is 0 Å². The first kappa shape index (κ1) is 19.3. The lowest BCUT2D eigenvalue weighted by atomic mass is 9.98. The molecule has 2 aromatic heterocycles. The van der Waals surface area contributed by atoms with Crippen molar-refractivity contribution in [2.24, 2.45) is 0 Å². The normalized spacial score (nSPS) is 11.7. The minimum Gasteiger partial charge on any atom is -0.423 e. The molecule has 4 rings (SSSR count). The van der Waals surface area contributed by atoms with E-state index in [-0.39, 0.29) is 11.2 Å². The maximum absolute atomic E-state index is 13.2. The average molecular weight is 409 g/mol. The monoisotopic (exact) mass is 409 g/mol. The van der Waals surface area contributed by atoms with Gasteiger partial charge in [0.2, 0.25) is 5.13 Å². The molecule has 0 fully saturated rings. The number of aromatic nitrogens is 2. The van der Waals surface area contributed by atoms with Crippen LogP contribution in [0.2, 0.25) is 0 Å². The van der Waals surface area contributed by atoms with Gasteiger partial charge in [0.15, 0.2) is 0 Å². The molecule has 29 heavy (non-hydrogen) atoms. The van der Waals surface area contributed by atoms with Crippen molar-refractivity contribution in [2.75, 3.05) is 5.32 Å². The van der Waals surface area contributed by atoms with E-state index in [0.717, 1.165) is 32.2 Å². The first-order chi connectivity index (χ1) is 13.8. The average Bonchev–Trinajstić information content (AvgIpc) is 3.16. The third kappa shape index (κ3) is 4.19. The van der Waals surface area contributed by atoms with E-state index in [2.05, 4.69) is 36.3 Å². The minimum absolute atomic E-state index is 0.0410. The summed E-state index contributed by atoms with van der Waals surface area (Å²) < 4.78 is 18.7. The third-order valence-corrected chi connectivity index (χ3v) is 5.78. The Labute approximate surface area is 171 Å². The summed E-state index contributed by atoms with van der Waals surface area (Å²) in [5.41, 5.74) is 2.43. The smallest absolute Gasteiger partial charge is 0.336 e. The molecule has 1 N–H and O–H groups in total. The van der Waals surface area contributed by atoms with Crippen LogP contribution >= 0.6 is 11.3 Å². The van der Waals surface area contributed by atoms with Gasteiger partial charge in [-0.25, -0.2) is 9.18 Å². The zero-order chi connectivity index (χ0) is 20.6. The maximum Gasteiger partial charge on any atom is 0.336 e. The molecule has 0 radical (unpaired) electrons. The number of hydrogen-bond acceptors (Lipinski definition) is 6. The van der Waals surface area contributed by atoms with Crippen molar-refractivity contribution in [3.63, 3.8) is 0 Å². The number of benzene rings is 2. The fraction of sp³-hybridized carbons (Fsp3) is 0.227. The molecular formula is C22H20FN3O2S. The predicted octanol–water partition coefficient (Wildman–Crippen LogP) is 5.36. The van der Waals surface area contributed by atoms with E-state index in [4.69, 9.17) is 4.42 Å². The second-order valence-electron chi connectivity index (χ2n) is 7.83. The predicted molar refractivity (Wildman–Crippen MR) is 114 cm³/mol. The van der Waals surface area contributed by atoms with Gasteiger partial charge in [-0.15, -0.1) is 10.2 Å². The van der Waals surface area contributed by atoms with Crippen LogP contribution in [-0.2, 0) is 12.0 Å². The molecule has 4 aromatic rings. The van der Waals surface area contributed by atoms with Crippen LogP contribution < -0.4 is 10.9 Å². The maximum atomic E-state index is 13.2. The molecule has 0 aliphatic rings. The van der Waals surface area contributed by atoms with Crippen LogP contribution in [0.4, 0.5) is 9.52 Å². The Hall–Kier alpha value is -3.06. The van der Waals surface area contributed by atoms with E-state index in [1.165, 1.54) is 29.5 Å². The molecule has 0 saturated carbocycles. The van der Waals surface area contributed by atoms with Crippen LogP contribution in [0.15, 0.2) is 57.7 Å².